The smallest absolute Gasteiger partial charge is 0.224 e. The van der Waals surface area contributed by atoms with Crippen molar-refractivity contribution in [3.8, 4) is 11.8 Å². The summed E-state index contributed by atoms with van der Waals surface area (Å²) in [7, 11) is 0. The van der Waals surface area contributed by atoms with Crippen molar-refractivity contribution in [3.63, 3.8) is 0 Å². The Bertz CT molecular complexity index is 326. The van der Waals surface area contributed by atoms with E-state index < -0.39 is 0 Å². The van der Waals surface area contributed by atoms with E-state index in [1.807, 2.05) is 12.1 Å². The van der Waals surface area contributed by atoms with E-state index >= 15 is 0 Å². The summed E-state index contributed by atoms with van der Waals surface area (Å²) in [6, 6.07) is 6.96. The summed E-state index contributed by atoms with van der Waals surface area (Å²) in [5, 5.41) is 0. The van der Waals surface area contributed by atoms with Crippen LogP contribution in [-0.2, 0) is 0 Å². The van der Waals surface area contributed by atoms with E-state index in [9.17, 15) is 0 Å². The number of hydrogen-bond acceptors (Lipinski definition) is 4. The quantitative estimate of drug-likeness (QED) is 0.688. The molecule has 0 saturated carbocycles. The fraction of sp³-hybridized carbons (Fsp3) is 0. The molecule has 0 bridgehead atoms. The minimum absolute atomic E-state index is 0.439. The molecular formula is C9H6N3O. The van der Waals surface area contributed by atoms with Crippen LogP contribution in [0.4, 0.5) is 0 Å². The second kappa shape index (κ2) is 3.62. The zero-order chi connectivity index (χ0) is 8.93. The Morgan fingerprint density at radius 3 is 2.85 bits per heavy atom. The van der Waals surface area contributed by atoms with E-state index in [0.717, 1.165) is 0 Å². The van der Waals surface area contributed by atoms with Crippen LogP contribution in [0.2, 0.25) is 0 Å². The molecule has 2 heterocycles. The Morgan fingerprint density at radius 2 is 2.15 bits per heavy atom. The molecule has 0 aliphatic heterocycles. The van der Waals surface area contributed by atoms with Gasteiger partial charge in [-0.05, 0) is 6.07 Å². The summed E-state index contributed by atoms with van der Waals surface area (Å²) in [6.45, 7) is 0. The molecule has 2 aromatic heterocycles. The van der Waals surface area contributed by atoms with E-state index in [-0.39, 0.29) is 0 Å². The highest BCUT2D eigenvalue weighted by Crippen LogP contribution is 2.13. The van der Waals surface area contributed by atoms with Crippen molar-refractivity contribution in [2.75, 3.05) is 0 Å². The van der Waals surface area contributed by atoms with Gasteiger partial charge in [0.25, 0.3) is 0 Å². The zero-order valence-corrected chi connectivity index (χ0v) is 6.71. The normalized spacial score (nSPS) is 9.54. The summed E-state index contributed by atoms with van der Waals surface area (Å²) < 4.78 is 5.28. The van der Waals surface area contributed by atoms with Crippen molar-refractivity contribution in [1.82, 2.24) is 15.0 Å². The third-order valence-electron chi connectivity index (χ3n) is 1.35. The Morgan fingerprint density at radius 1 is 1.15 bits per heavy atom. The summed E-state index contributed by atoms with van der Waals surface area (Å²) in [5.74, 6) is 0.948. The van der Waals surface area contributed by atoms with Gasteiger partial charge < -0.3 is 4.74 Å². The van der Waals surface area contributed by atoms with Crippen LogP contribution in [0.25, 0.3) is 0 Å². The van der Waals surface area contributed by atoms with Gasteiger partial charge in [-0.25, -0.2) is 15.0 Å². The van der Waals surface area contributed by atoms with Crippen LogP contribution in [0.3, 0.4) is 0 Å². The fourth-order valence-corrected chi connectivity index (χ4v) is 0.819. The van der Waals surface area contributed by atoms with E-state index in [4.69, 9.17) is 4.74 Å². The van der Waals surface area contributed by atoms with Gasteiger partial charge >= 0.3 is 0 Å². The lowest BCUT2D eigenvalue weighted by atomic mass is 10.5. The van der Waals surface area contributed by atoms with Gasteiger partial charge in [0, 0.05) is 18.3 Å². The van der Waals surface area contributed by atoms with Gasteiger partial charge in [-0.2, -0.15) is 0 Å². The maximum absolute atomic E-state index is 5.28. The largest absolute Gasteiger partial charge is 0.421 e. The van der Waals surface area contributed by atoms with Gasteiger partial charge in [0.2, 0.25) is 11.8 Å². The molecule has 2 aromatic rings. The first-order valence-electron chi connectivity index (χ1n) is 3.72. The Balaban J connectivity index is 2.16. The Kier molecular flexibility index (Phi) is 2.14. The molecule has 0 unspecified atom stereocenters. The number of pyridine rings is 1. The van der Waals surface area contributed by atoms with Crippen molar-refractivity contribution in [3.05, 3.63) is 43.0 Å². The highest BCUT2D eigenvalue weighted by atomic mass is 16.5. The lowest BCUT2D eigenvalue weighted by Crippen LogP contribution is -1.89. The van der Waals surface area contributed by atoms with E-state index in [1.165, 1.54) is 6.33 Å². The second-order valence-corrected chi connectivity index (χ2v) is 2.26. The molecule has 0 aromatic carbocycles. The van der Waals surface area contributed by atoms with Crippen molar-refractivity contribution in [2.45, 2.75) is 0 Å². The number of nitrogens with zero attached hydrogens (tertiary/aromatic N) is 3. The van der Waals surface area contributed by atoms with Crippen molar-refractivity contribution in [1.29, 1.82) is 0 Å². The number of ether oxygens (including phenoxy) is 1. The molecule has 0 saturated heterocycles. The van der Waals surface area contributed by atoms with Crippen LogP contribution in [-0.4, -0.2) is 15.0 Å². The number of hydrogen-bond donors (Lipinski definition) is 0. The predicted molar refractivity (Wildman–Crippen MR) is 45.2 cm³/mol. The van der Waals surface area contributed by atoms with Gasteiger partial charge in [0.1, 0.15) is 6.33 Å². The number of aromatic nitrogens is 3. The van der Waals surface area contributed by atoms with Crippen LogP contribution in [0.5, 0.6) is 11.8 Å². The van der Waals surface area contributed by atoms with Crippen LogP contribution in [0.15, 0.2) is 36.8 Å². The van der Waals surface area contributed by atoms with E-state index in [0.29, 0.717) is 11.8 Å². The summed E-state index contributed by atoms with van der Waals surface area (Å²) in [6.07, 6.45) is 5.64. The van der Waals surface area contributed by atoms with E-state index in [2.05, 4.69) is 21.1 Å². The Labute approximate surface area is 75.3 Å². The standard InChI is InChI=1S/C9H6N3O/c1-2-5-11-8(3-1)13-9-4-6-10-7-12-9/h1-5,7H. The van der Waals surface area contributed by atoms with Crippen LogP contribution < -0.4 is 4.74 Å². The van der Waals surface area contributed by atoms with Gasteiger partial charge in [-0.3, -0.25) is 0 Å². The van der Waals surface area contributed by atoms with Gasteiger partial charge in [-0.15, -0.1) is 0 Å². The van der Waals surface area contributed by atoms with E-state index in [1.54, 1.807) is 18.3 Å². The third kappa shape index (κ3) is 1.99. The van der Waals surface area contributed by atoms with Gasteiger partial charge in [0.05, 0.1) is 6.20 Å². The molecule has 0 N–H and O–H groups in total. The summed E-state index contributed by atoms with van der Waals surface area (Å²) in [4.78, 5) is 11.5. The Hall–Kier alpha value is -1.97. The van der Waals surface area contributed by atoms with Crippen molar-refractivity contribution >= 4 is 0 Å². The zero-order valence-electron chi connectivity index (χ0n) is 6.71. The highest BCUT2D eigenvalue weighted by molar-refractivity contribution is 5.16. The molecule has 4 heteroatoms. The molecule has 63 valence electrons. The van der Waals surface area contributed by atoms with Crippen LogP contribution in [0, 0.1) is 6.20 Å². The molecule has 0 atom stereocenters. The molecule has 0 aliphatic carbocycles. The van der Waals surface area contributed by atoms with Gasteiger partial charge in [-0.1, -0.05) is 6.07 Å². The first-order valence-corrected chi connectivity index (χ1v) is 3.72. The average molecular weight is 172 g/mol. The lowest BCUT2D eigenvalue weighted by molar-refractivity contribution is 0.443. The molecule has 13 heavy (non-hydrogen) atoms. The minimum Gasteiger partial charge on any atom is -0.421 e. The van der Waals surface area contributed by atoms with Crippen molar-refractivity contribution < 1.29 is 4.74 Å². The second-order valence-electron chi connectivity index (χ2n) is 2.26. The SMILES string of the molecule is [c]1cc(Oc2ccccn2)ncn1. The predicted octanol–water partition coefficient (Wildman–Crippen LogP) is 1.46. The minimum atomic E-state index is 0.439. The monoisotopic (exact) mass is 172 g/mol. The first kappa shape index (κ1) is 7.67. The van der Waals surface area contributed by atoms with Crippen molar-refractivity contribution in [2.24, 2.45) is 0 Å². The molecule has 0 aliphatic rings. The number of rotatable bonds is 2. The topological polar surface area (TPSA) is 47.9 Å². The molecule has 4 nitrogen and oxygen atoms in total. The molecule has 2 rings (SSSR count). The maximum Gasteiger partial charge on any atom is 0.224 e. The molecule has 1 radical (unpaired) electrons. The summed E-state index contributed by atoms with van der Waals surface area (Å²) >= 11 is 0. The highest BCUT2D eigenvalue weighted by Gasteiger charge is 1.96. The average Bonchev–Trinajstić information content (AvgIpc) is 2.21. The van der Waals surface area contributed by atoms with Gasteiger partial charge in [0.15, 0.2) is 0 Å². The lowest BCUT2D eigenvalue weighted by Gasteiger charge is -2.00. The van der Waals surface area contributed by atoms with Crippen LogP contribution in [0.1, 0.15) is 0 Å². The summed E-state index contributed by atoms with van der Waals surface area (Å²) in [5.41, 5.74) is 0. The fourth-order valence-electron chi connectivity index (χ4n) is 0.819. The molecular weight excluding hydrogens is 166 g/mol. The van der Waals surface area contributed by atoms with Crippen LogP contribution >= 0.6 is 0 Å². The third-order valence-corrected chi connectivity index (χ3v) is 1.35. The first-order chi connectivity index (χ1) is 6.45. The molecule has 0 spiro atoms. The molecule has 0 fully saturated rings. The molecule has 0 amide bonds. The maximum atomic E-state index is 5.28.